The number of rotatable bonds is 1. The lowest BCUT2D eigenvalue weighted by Crippen LogP contribution is -2.21. The summed E-state index contributed by atoms with van der Waals surface area (Å²) >= 11 is 1.99. The number of hydrogen-bond donors (Lipinski definition) is 0. The molecule has 0 aromatic carbocycles. The van der Waals surface area contributed by atoms with Gasteiger partial charge in [-0.2, -0.15) is 10.4 Å². The maximum Gasteiger partial charge on any atom is 0.268 e. The highest BCUT2D eigenvalue weighted by atomic mass is 127. The van der Waals surface area contributed by atoms with Gasteiger partial charge in [0.25, 0.3) is 5.56 Å². The number of aromatic nitrogens is 2. The summed E-state index contributed by atoms with van der Waals surface area (Å²) < 4.78 is 1.89. The summed E-state index contributed by atoms with van der Waals surface area (Å²) in [7, 11) is 0. The monoisotopic (exact) mass is 261 g/mol. The van der Waals surface area contributed by atoms with E-state index in [4.69, 9.17) is 5.26 Å². The molecule has 0 fully saturated rings. The lowest BCUT2D eigenvalue weighted by molar-refractivity contribution is 0.656. The van der Waals surface area contributed by atoms with Crippen molar-refractivity contribution in [2.45, 2.75) is 6.54 Å². The Morgan fingerprint density at radius 3 is 3.09 bits per heavy atom. The zero-order valence-electron chi connectivity index (χ0n) is 5.49. The molecule has 0 saturated carbocycles. The van der Waals surface area contributed by atoms with Gasteiger partial charge < -0.3 is 0 Å². The second-order valence-electron chi connectivity index (χ2n) is 1.83. The highest BCUT2D eigenvalue weighted by Crippen LogP contribution is 1.95. The largest absolute Gasteiger partial charge is 0.268 e. The van der Waals surface area contributed by atoms with Gasteiger partial charge in [0.05, 0.1) is 12.3 Å². The number of halogens is 1. The van der Waals surface area contributed by atoms with Crippen LogP contribution < -0.4 is 5.56 Å². The van der Waals surface area contributed by atoms with Crippen LogP contribution in [0, 0.1) is 14.9 Å². The molecule has 0 aliphatic carbocycles. The predicted molar refractivity (Wildman–Crippen MR) is 46.8 cm³/mol. The molecule has 1 aromatic rings. The fourth-order valence-electron chi connectivity index (χ4n) is 0.597. The van der Waals surface area contributed by atoms with E-state index >= 15 is 0 Å². The minimum Gasteiger partial charge on any atom is -0.268 e. The van der Waals surface area contributed by atoms with Gasteiger partial charge in [-0.1, -0.05) is 0 Å². The van der Waals surface area contributed by atoms with Gasteiger partial charge in [0.1, 0.15) is 6.54 Å². The van der Waals surface area contributed by atoms with E-state index in [0.29, 0.717) is 0 Å². The Bertz CT molecular complexity index is 352. The number of nitrogens with zero attached hydrogens (tertiary/aromatic N) is 3. The van der Waals surface area contributed by atoms with Crippen LogP contribution in [-0.2, 0) is 6.54 Å². The van der Waals surface area contributed by atoms with Crippen LogP contribution in [-0.4, -0.2) is 9.78 Å². The van der Waals surface area contributed by atoms with Crippen LogP contribution in [0.1, 0.15) is 0 Å². The maximum atomic E-state index is 11.0. The molecule has 5 heteroatoms. The first-order valence-electron chi connectivity index (χ1n) is 2.83. The van der Waals surface area contributed by atoms with Crippen molar-refractivity contribution in [2.75, 3.05) is 0 Å². The van der Waals surface area contributed by atoms with Crippen LogP contribution in [0.25, 0.3) is 0 Å². The molecule has 0 radical (unpaired) electrons. The second-order valence-corrected chi connectivity index (χ2v) is 3.07. The first-order valence-corrected chi connectivity index (χ1v) is 3.91. The summed E-state index contributed by atoms with van der Waals surface area (Å²) in [5.74, 6) is 0. The molecule has 11 heavy (non-hydrogen) atoms. The minimum absolute atomic E-state index is 0.00968. The smallest absolute Gasteiger partial charge is 0.268 e. The Kier molecular flexibility index (Phi) is 2.59. The number of nitriles is 1. The molecule has 0 bridgehead atoms. The normalized spacial score (nSPS) is 9.09. The third kappa shape index (κ3) is 2.01. The van der Waals surface area contributed by atoms with E-state index in [9.17, 15) is 4.79 Å². The molecule has 0 unspecified atom stereocenters. The molecule has 1 aromatic heterocycles. The van der Waals surface area contributed by atoms with Gasteiger partial charge in [0.15, 0.2) is 0 Å². The molecule has 0 aliphatic heterocycles. The third-order valence-electron chi connectivity index (χ3n) is 1.06. The fourth-order valence-corrected chi connectivity index (χ4v) is 0.988. The van der Waals surface area contributed by atoms with Crippen molar-refractivity contribution in [1.29, 1.82) is 5.26 Å². The molecule has 0 spiro atoms. The Morgan fingerprint density at radius 1 is 1.82 bits per heavy atom. The van der Waals surface area contributed by atoms with Crippen molar-refractivity contribution in [3.8, 4) is 6.07 Å². The van der Waals surface area contributed by atoms with Gasteiger partial charge in [-0.05, 0) is 22.6 Å². The minimum atomic E-state index is -0.238. The highest BCUT2D eigenvalue weighted by Gasteiger charge is 1.95. The summed E-state index contributed by atoms with van der Waals surface area (Å²) in [5, 5.41) is 12.0. The molecule has 0 N–H and O–H groups in total. The van der Waals surface area contributed by atoms with Crippen LogP contribution in [0.2, 0.25) is 0 Å². The Morgan fingerprint density at radius 2 is 2.55 bits per heavy atom. The van der Waals surface area contributed by atoms with Gasteiger partial charge in [-0.25, -0.2) is 4.68 Å². The van der Waals surface area contributed by atoms with Crippen LogP contribution in [0.3, 0.4) is 0 Å². The molecule has 1 rings (SSSR count). The number of hydrogen-bond acceptors (Lipinski definition) is 3. The SMILES string of the molecule is N#CCn1ncc(I)cc1=O. The maximum absolute atomic E-state index is 11.0. The van der Waals surface area contributed by atoms with Crippen molar-refractivity contribution in [1.82, 2.24) is 9.78 Å². The van der Waals surface area contributed by atoms with Crippen molar-refractivity contribution in [3.63, 3.8) is 0 Å². The van der Waals surface area contributed by atoms with Crippen LogP contribution in [0.5, 0.6) is 0 Å². The average Bonchev–Trinajstić information content (AvgIpc) is 1.95. The molecule has 1 heterocycles. The Hall–Kier alpha value is -0.900. The summed E-state index contributed by atoms with van der Waals surface area (Å²) in [4.78, 5) is 11.0. The van der Waals surface area contributed by atoms with E-state index < -0.39 is 0 Å². The zero-order valence-corrected chi connectivity index (χ0v) is 7.65. The first-order chi connectivity index (χ1) is 5.24. The van der Waals surface area contributed by atoms with Crippen LogP contribution in [0.4, 0.5) is 0 Å². The third-order valence-corrected chi connectivity index (χ3v) is 1.65. The lowest BCUT2D eigenvalue weighted by Gasteiger charge is -1.95. The van der Waals surface area contributed by atoms with E-state index in [2.05, 4.69) is 5.10 Å². The van der Waals surface area contributed by atoms with Crippen molar-refractivity contribution in [3.05, 3.63) is 26.2 Å². The summed E-state index contributed by atoms with van der Waals surface area (Å²) in [5.41, 5.74) is -0.238. The average molecular weight is 261 g/mol. The van der Waals surface area contributed by atoms with E-state index in [1.165, 1.54) is 6.07 Å². The van der Waals surface area contributed by atoms with Gasteiger partial charge in [0.2, 0.25) is 0 Å². The molecule has 0 saturated heterocycles. The van der Waals surface area contributed by atoms with E-state index in [1.54, 1.807) is 6.20 Å². The summed E-state index contributed by atoms with van der Waals surface area (Å²) in [6, 6.07) is 3.28. The van der Waals surface area contributed by atoms with Crippen LogP contribution in [0.15, 0.2) is 17.1 Å². The molecule has 0 amide bonds. The standard InChI is InChI=1S/C6H4IN3O/c7-5-3-6(11)10(2-1-8)9-4-5/h3-4H,2H2. The molecular weight excluding hydrogens is 257 g/mol. The molecule has 4 nitrogen and oxygen atoms in total. The summed E-state index contributed by atoms with van der Waals surface area (Å²) in [6.07, 6.45) is 1.54. The van der Waals surface area contributed by atoms with Crippen LogP contribution >= 0.6 is 22.6 Å². The first kappa shape index (κ1) is 8.20. The Labute approximate surface area is 76.6 Å². The van der Waals surface area contributed by atoms with E-state index in [1.807, 2.05) is 28.7 Å². The summed E-state index contributed by atoms with van der Waals surface area (Å²) in [6.45, 7) is 0.00968. The predicted octanol–water partition coefficient (Wildman–Crippen LogP) is 0.371. The Balaban J connectivity index is 3.12. The topological polar surface area (TPSA) is 58.7 Å². The molecule has 56 valence electrons. The van der Waals surface area contributed by atoms with Gasteiger partial charge in [-0.15, -0.1) is 0 Å². The van der Waals surface area contributed by atoms with Crippen molar-refractivity contribution in [2.24, 2.45) is 0 Å². The van der Waals surface area contributed by atoms with E-state index in [-0.39, 0.29) is 12.1 Å². The fraction of sp³-hybridized carbons (Fsp3) is 0.167. The van der Waals surface area contributed by atoms with E-state index in [0.717, 1.165) is 8.25 Å². The molecular formula is C6H4IN3O. The molecule has 0 atom stereocenters. The quantitative estimate of drug-likeness (QED) is 0.686. The zero-order chi connectivity index (χ0) is 8.27. The van der Waals surface area contributed by atoms with Gasteiger partial charge in [0, 0.05) is 9.64 Å². The lowest BCUT2D eigenvalue weighted by atomic mass is 10.5. The van der Waals surface area contributed by atoms with Crippen molar-refractivity contribution >= 4 is 22.6 Å². The molecule has 0 aliphatic rings. The van der Waals surface area contributed by atoms with Gasteiger partial charge >= 0.3 is 0 Å². The van der Waals surface area contributed by atoms with Crippen molar-refractivity contribution < 1.29 is 0 Å². The highest BCUT2D eigenvalue weighted by molar-refractivity contribution is 14.1. The second kappa shape index (κ2) is 3.48. The van der Waals surface area contributed by atoms with Gasteiger partial charge in [-0.3, -0.25) is 4.79 Å².